The highest BCUT2D eigenvalue weighted by Crippen LogP contribution is 2.36. The fourth-order valence-corrected chi connectivity index (χ4v) is 3.79. The van der Waals surface area contributed by atoms with Crippen molar-refractivity contribution in [2.75, 3.05) is 25.0 Å². The summed E-state index contributed by atoms with van der Waals surface area (Å²) in [6, 6.07) is 15.8. The van der Waals surface area contributed by atoms with E-state index in [0.717, 1.165) is 30.6 Å². The number of anilines is 2. The third-order valence-electron chi connectivity index (χ3n) is 5.33. The Labute approximate surface area is 155 Å². The standard InChI is InChI=1S/C22H28N2O2/c1-3-12-22(16-25)13-14-24(15-22)21(26)19-6-4-5-7-20(19)23-18-10-8-17(2)9-11-18/h4-11,23,25H,3,12-16H2,1-2H3. The number of hydrogen-bond donors (Lipinski definition) is 2. The van der Waals surface area contributed by atoms with Crippen molar-refractivity contribution < 1.29 is 9.90 Å². The minimum Gasteiger partial charge on any atom is -0.396 e. The van der Waals surface area contributed by atoms with E-state index in [2.05, 4.69) is 19.2 Å². The summed E-state index contributed by atoms with van der Waals surface area (Å²) in [6.45, 7) is 5.67. The fraction of sp³-hybridized carbons (Fsp3) is 0.409. The average Bonchev–Trinajstić information content (AvgIpc) is 3.09. The first-order valence-electron chi connectivity index (χ1n) is 9.40. The predicted molar refractivity (Wildman–Crippen MR) is 106 cm³/mol. The van der Waals surface area contributed by atoms with Gasteiger partial charge in [0, 0.05) is 24.2 Å². The third-order valence-corrected chi connectivity index (χ3v) is 5.33. The summed E-state index contributed by atoms with van der Waals surface area (Å²) in [5, 5.41) is 13.2. The van der Waals surface area contributed by atoms with Gasteiger partial charge in [-0.15, -0.1) is 0 Å². The molecule has 1 fully saturated rings. The Kier molecular flexibility index (Phi) is 5.62. The van der Waals surface area contributed by atoms with Crippen LogP contribution in [-0.2, 0) is 0 Å². The summed E-state index contributed by atoms with van der Waals surface area (Å²) in [7, 11) is 0. The molecule has 138 valence electrons. The number of nitrogens with one attached hydrogen (secondary N) is 1. The second-order valence-electron chi connectivity index (χ2n) is 7.42. The quantitative estimate of drug-likeness (QED) is 0.812. The minimum atomic E-state index is -0.135. The van der Waals surface area contributed by atoms with Gasteiger partial charge in [-0.05, 0) is 44.0 Å². The van der Waals surface area contributed by atoms with Crippen molar-refractivity contribution in [3.8, 4) is 0 Å². The van der Waals surface area contributed by atoms with E-state index in [9.17, 15) is 9.90 Å². The molecular weight excluding hydrogens is 324 g/mol. The van der Waals surface area contributed by atoms with Crippen LogP contribution in [-0.4, -0.2) is 35.6 Å². The van der Waals surface area contributed by atoms with Crippen LogP contribution in [0.2, 0.25) is 0 Å². The van der Waals surface area contributed by atoms with Crippen molar-refractivity contribution in [3.63, 3.8) is 0 Å². The molecule has 1 aliphatic heterocycles. The minimum absolute atomic E-state index is 0.0339. The Balaban J connectivity index is 1.79. The number of aliphatic hydroxyl groups is 1. The molecule has 4 heteroatoms. The molecule has 2 aromatic rings. The molecule has 2 N–H and O–H groups in total. The zero-order chi connectivity index (χ0) is 18.6. The second-order valence-corrected chi connectivity index (χ2v) is 7.42. The van der Waals surface area contributed by atoms with Crippen molar-refractivity contribution >= 4 is 17.3 Å². The van der Waals surface area contributed by atoms with Crippen molar-refractivity contribution in [2.45, 2.75) is 33.1 Å². The lowest BCUT2D eigenvalue weighted by atomic mass is 9.83. The molecule has 3 rings (SSSR count). The highest BCUT2D eigenvalue weighted by atomic mass is 16.3. The van der Waals surface area contributed by atoms with E-state index in [1.165, 1.54) is 5.56 Å². The predicted octanol–water partition coefficient (Wildman–Crippen LogP) is 4.36. The molecule has 0 aromatic heterocycles. The Hall–Kier alpha value is -2.33. The van der Waals surface area contributed by atoms with Crippen LogP contribution >= 0.6 is 0 Å². The maximum atomic E-state index is 13.1. The van der Waals surface area contributed by atoms with Crippen molar-refractivity contribution in [1.29, 1.82) is 0 Å². The molecule has 0 saturated carbocycles. The van der Waals surface area contributed by atoms with Crippen LogP contribution in [0.25, 0.3) is 0 Å². The molecule has 0 spiro atoms. The van der Waals surface area contributed by atoms with E-state index >= 15 is 0 Å². The number of aliphatic hydroxyl groups excluding tert-OH is 1. The molecule has 26 heavy (non-hydrogen) atoms. The summed E-state index contributed by atoms with van der Waals surface area (Å²) in [5.41, 5.74) is 3.53. The summed E-state index contributed by atoms with van der Waals surface area (Å²) < 4.78 is 0. The van der Waals surface area contributed by atoms with Crippen molar-refractivity contribution in [3.05, 3.63) is 59.7 Å². The van der Waals surface area contributed by atoms with E-state index in [0.29, 0.717) is 18.7 Å². The van der Waals surface area contributed by atoms with Gasteiger partial charge in [0.2, 0.25) is 0 Å². The zero-order valence-corrected chi connectivity index (χ0v) is 15.7. The van der Waals surface area contributed by atoms with Gasteiger partial charge in [-0.1, -0.05) is 43.2 Å². The van der Waals surface area contributed by atoms with E-state index < -0.39 is 0 Å². The second kappa shape index (κ2) is 7.92. The molecule has 0 aliphatic carbocycles. The van der Waals surface area contributed by atoms with Gasteiger partial charge in [-0.2, -0.15) is 0 Å². The van der Waals surface area contributed by atoms with Gasteiger partial charge >= 0.3 is 0 Å². The van der Waals surface area contributed by atoms with Crippen LogP contribution < -0.4 is 5.32 Å². The first-order chi connectivity index (χ1) is 12.6. The largest absolute Gasteiger partial charge is 0.396 e. The zero-order valence-electron chi connectivity index (χ0n) is 15.7. The molecule has 1 saturated heterocycles. The Morgan fingerprint density at radius 2 is 1.92 bits per heavy atom. The maximum Gasteiger partial charge on any atom is 0.255 e. The number of hydrogen-bond acceptors (Lipinski definition) is 3. The highest BCUT2D eigenvalue weighted by Gasteiger charge is 2.39. The number of carbonyl (C=O) groups is 1. The molecule has 4 nitrogen and oxygen atoms in total. The number of nitrogens with zero attached hydrogens (tertiary/aromatic N) is 1. The first-order valence-corrected chi connectivity index (χ1v) is 9.40. The summed E-state index contributed by atoms with van der Waals surface area (Å²) in [5.74, 6) is 0.0339. The molecule has 1 heterocycles. The van der Waals surface area contributed by atoms with Crippen molar-refractivity contribution in [1.82, 2.24) is 4.90 Å². The number of rotatable bonds is 6. The highest BCUT2D eigenvalue weighted by molar-refractivity contribution is 6.00. The lowest BCUT2D eigenvalue weighted by Crippen LogP contribution is -2.34. The molecule has 0 bridgehead atoms. The monoisotopic (exact) mass is 352 g/mol. The molecule has 0 radical (unpaired) electrons. The number of amides is 1. The molecule has 2 aromatic carbocycles. The van der Waals surface area contributed by atoms with E-state index in [1.807, 2.05) is 53.4 Å². The van der Waals surface area contributed by atoms with E-state index in [4.69, 9.17) is 0 Å². The first kappa shape index (κ1) is 18.5. The number of likely N-dealkylation sites (tertiary alicyclic amines) is 1. The van der Waals surface area contributed by atoms with Crippen LogP contribution in [0.15, 0.2) is 48.5 Å². The third kappa shape index (κ3) is 3.91. The summed E-state index contributed by atoms with van der Waals surface area (Å²) in [4.78, 5) is 15.0. The Morgan fingerprint density at radius 1 is 1.19 bits per heavy atom. The Morgan fingerprint density at radius 3 is 2.62 bits per heavy atom. The van der Waals surface area contributed by atoms with Crippen LogP contribution in [0.5, 0.6) is 0 Å². The van der Waals surface area contributed by atoms with Crippen molar-refractivity contribution in [2.24, 2.45) is 5.41 Å². The molecule has 1 aliphatic rings. The van der Waals surface area contributed by atoms with Crippen LogP contribution in [0.1, 0.15) is 42.1 Å². The van der Waals surface area contributed by atoms with Gasteiger partial charge in [-0.3, -0.25) is 4.79 Å². The molecule has 1 atom stereocenters. The lowest BCUT2D eigenvalue weighted by Gasteiger charge is -2.27. The van der Waals surface area contributed by atoms with Gasteiger partial charge in [0.25, 0.3) is 5.91 Å². The number of carbonyl (C=O) groups excluding carboxylic acids is 1. The Bertz CT molecular complexity index is 757. The average molecular weight is 352 g/mol. The maximum absolute atomic E-state index is 13.1. The van der Waals surface area contributed by atoms with Gasteiger partial charge in [-0.25, -0.2) is 0 Å². The normalized spacial score (nSPS) is 19.6. The van der Waals surface area contributed by atoms with Gasteiger partial charge in [0.15, 0.2) is 0 Å². The van der Waals surface area contributed by atoms with Gasteiger partial charge < -0.3 is 15.3 Å². The number of aryl methyl sites for hydroxylation is 1. The number of para-hydroxylation sites is 1. The lowest BCUT2D eigenvalue weighted by molar-refractivity contribution is 0.0730. The van der Waals surface area contributed by atoms with Crippen LogP contribution in [0.3, 0.4) is 0 Å². The molecule has 1 unspecified atom stereocenters. The molecular formula is C22H28N2O2. The fourth-order valence-electron chi connectivity index (χ4n) is 3.79. The summed E-state index contributed by atoms with van der Waals surface area (Å²) >= 11 is 0. The number of benzene rings is 2. The van der Waals surface area contributed by atoms with E-state index in [1.54, 1.807) is 0 Å². The van der Waals surface area contributed by atoms with Crippen LogP contribution in [0.4, 0.5) is 11.4 Å². The summed E-state index contributed by atoms with van der Waals surface area (Å²) in [6.07, 6.45) is 2.85. The molecule has 1 amide bonds. The van der Waals surface area contributed by atoms with E-state index in [-0.39, 0.29) is 17.9 Å². The SMILES string of the molecule is CCCC1(CO)CCN(C(=O)c2ccccc2Nc2ccc(C)cc2)C1. The smallest absolute Gasteiger partial charge is 0.255 e. The van der Waals surface area contributed by atoms with Crippen LogP contribution in [0, 0.1) is 12.3 Å². The van der Waals surface area contributed by atoms with Gasteiger partial charge in [0.05, 0.1) is 17.9 Å². The topological polar surface area (TPSA) is 52.6 Å². The van der Waals surface area contributed by atoms with Gasteiger partial charge in [0.1, 0.15) is 0 Å².